The minimum atomic E-state index is -0.000996. The van der Waals surface area contributed by atoms with Crippen LogP contribution in [0.2, 0.25) is 0 Å². The number of hydrogen-bond acceptors (Lipinski definition) is 4. The lowest BCUT2D eigenvalue weighted by molar-refractivity contribution is 0.0954. The Hall–Kier alpha value is -2.11. The molecule has 126 valence electrons. The first-order chi connectivity index (χ1) is 11.6. The molecule has 1 aromatic heterocycles. The van der Waals surface area contributed by atoms with Gasteiger partial charge in [-0.3, -0.25) is 4.79 Å². The van der Waals surface area contributed by atoms with Gasteiger partial charge in [0.25, 0.3) is 5.91 Å². The highest BCUT2D eigenvalue weighted by Gasteiger charge is 2.14. The Bertz CT molecular complexity index is 870. The Labute approximate surface area is 146 Å². The van der Waals surface area contributed by atoms with E-state index < -0.39 is 0 Å². The predicted octanol–water partition coefficient (Wildman–Crippen LogP) is 3.74. The first-order valence-electron chi connectivity index (χ1n) is 8.01. The second kappa shape index (κ2) is 7.20. The second-order valence-corrected chi connectivity index (χ2v) is 7.00. The molecular formula is C19H22N2O2S. The summed E-state index contributed by atoms with van der Waals surface area (Å²) in [4.78, 5) is 14.7. The maximum atomic E-state index is 12.6. The number of nitrogens with one attached hydrogen (secondary N) is 1. The number of benzene rings is 2. The van der Waals surface area contributed by atoms with Gasteiger partial charge in [-0.2, -0.15) is 0 Å². The fraction of sp³-hybridized carbons (Fsp3) is 0.316. The number of amides is 1. The Kier molecular flexibility index (Phi) is 5.02. The number of thiophene rings is 1. The normalized spacial score (nSPS) is 11.3. The maximum absolute atomic E-state index is 12.6. The van der Waals surface area contributed by atoms with Gasteiger partial charge in [0.15, 0.2) is 0 Å². The topological polar surface area (TPSA) is 41.6 Å². The summed E-state index contributed by atoms with van der Waals surface area (Å²) in [6, 6.07) is 10.0. The third kappa shape index (κ3) is 3.37. The Morgan fingerprint density at radius 2 is 2.04 bits per heavy atom. The number of ether oxygens (including phenoxy) is 1. The van der Waals surface area contributed by atoms with Crippen molar-refractivity contribution in [1.29, 1.82) is 0 Å². The highest BCUT2D eigenvalue weighted by Crippen LogP contribution is 2.34. The molecule has 0 aliphatic carbocycles. The predicted molar refractivity (Wildman–Crippen MR) is 101 cm³/mol. The molecule has 3 aromatic rings. The Morgan fingerprint density at radius 3 is 2.79 bits per heavy atom. The average Bonchev–Trinajstić information content (AvgIpc) is 3.07. The van der Waals surface area contributed by atoms with E-state index >= 15 is 0 Å². The monoisotopic (exact) mass is 342 g/mol. The van der Waals surface area contributed by atoms with E-state index in [4.69, 9.17) is 4.74 Å². The summed E-state index contributed by atoms with van der Waals surface area (Å²) in [5.41, 5.74) is 0.752. The summed E-state index contributed by atoms with van der Waals surface area (Å²) in [6.07, 6.45) is 0.942. The van der Waals surface area contributed by atoms with Crippen LogP contribution in [0.25, 0.3) is 20.9 Å². The van der Waals surface area contributed by atoms with Crippen LogP contribution >= 0.6 is 11.3 Å². The summed E-state index contributed by atoms with van der Waals surface area (Å²) in [7, 11) is 5.74. The zero-order valence-electron chi connectivity index (χ0n) is 14.3. The van der Waals surface area contributed by atoms with Crippen LogP contribution < -0.4 is 10.1 Å². The highest BCUT2D eigenvalue weighted by atomic mass is 32.1. The maximum Gasteiger partial charge on any atom is 0.252 e. The molecule has 1 N–H and O–H groups in total. The molecule has 1 heterocycles. The van der Waals surface area contributed by atoms with Crippen molar-refractivity contribution in [1.82, 2.24) is 10.2 Å². The fourth-order valence-corrected chi connectivity index (χ4v) is 3.76. The standard InChI is InChI=1S/C19H22N2O2S/c1-21(2)9-4-8-20-19(22)17-11-13-5-6-14(23-3)12-16(13)15-7-10-24-18(15)17/h5-7,10-12H,4,8-9H2,1-3H3,(H,20,22). The van der Waals surface area contributed by atoms with Gasteiger partial charge >= 0.3 is 0 Å². The van der Waals surface area contributed by atoms with Crippen LogP contribution in [-0.4, -0.2) is 45.1 Å². The number of nitrogens with zero attached hydrogens (tertiary/aromatic N) is 1. The van der Waals surface area contributed by atoms with Gasteiger partial charge < -0.3 is 15.0 Å². The lowest BCUT2D eigenvalue weighted by Gasteiger charge is -2.11. The van der Waals surface area contributed by atoms with Crippen molar-refractivity contribution < 1.29 is 9.53 Å². The molecule has 0 atom stereocenters. The van der Waals surface area contributed by atoms with Gasteiger partial charge in [-0.05, 0) is 67.5 Å². The van der Waals surface area contributed by atoms with Crippen LogP contribution in [-0.2, 0) is 0 Å². The third-order valence-electron chi connectivity index (χ3n) is 4.07. The van der Waals surface area contributed by atoms with Gasteiger partial charge in [0.05, 0.1) is 12.7 Å². The van der Waals surface area contributed by atoms with Gasteiger partial charge in [0, 0.05) is 16.6 Å². The average molecular weight is 342 g/mol. The number of carbonyl (C=O) groups excluding carboxylic acids is 1. The summed E-state index contributed by atoms with van der Waals surface area (Å²) < 4.78 is 6.36. The molecule has 0 saturated carbocycles. The number of methoxy groups -OCH3 is 1. The number of fused-ring (bicyclic) bond motifs is 3. The van der Waals surface area contributed by atoms with E-state index in [0.29, 0.717) is 6.54 Å². The molecule has 1 amide bonds. The molecule has 2 aromatic carbocycles. The van der Waals surface area contributed by atoms with E-state index in [2.05, 4.69) is 16.3 Å². The summed E-state index contributed by atoms with van der Waals surface area (Å²) >= 11 is 1.60. The number of rotatable bonds is 6. The first-order valence-corrected chi connectivity index (χ1v) is 8.89. The fourth-order valence-electron chi connectivity index (χ4n) is 2.83. The van der Waals surface area contributed by atoms with Crippen molar-refractivity contribution >= 4 is 38.1 Å². The van der Waals surface area contributed by atoms with E-state index in [0.717, 1.165) is 45.1 Å². The lowest BCUT2D eigenvalue weighted by Crippen LogP contribution is -2.27. The molecular weight excluding hydrogens is 320 g/mol. The molecule has 0 saturated heterocycles. The Morgan fingerprint density at radius 1 is 1.21 bits per heavy atom. The van der Waals surface area contributed by atoms with Crippen molar-refractivity contribution in [2.24, 2.45) is 0 Å². The van der Waals surface area contributed by atoms with E-state index in [-0.39, 0.29) is 5.91 Å². The molecule has 0 bridgehead atoms. The zero-order chi connectivity index (χ0) is 17.1. The van der Waals surface area contributed by atoms with Crippen LogP contribution in [0.1, 0.15) is 16.8 Å². The van der Waals surface area contributed by atoms with Crippen molar-refractivity contribution in [3.05, 3.63) is 41.3 Å². The quantitative estimate of drug-likeness (QED) is 0.694. The van der Waals surface area contributed by atoms with Gasteiger partial charge in [0.2, 0.25) is 0 Å². The molecule has 5 heteroatoms. The highest BCUT2D eigenvalue weighted by molar-refractivity contribution is 7.17. The minimum Gasteiger partial charge on any atom is -0.497 e. The minimum absolute atomic E-state index is 0.000996. The summed E-state index contributed by atoms with van der Waals surface area (Å²) in [6.45, 7) is 1.65. The van der Waals surface area contributed by atoms with Gasteiger partial charge in [-0.25, -0.2) is 0 Å². The molecule has 0 fully saturated rings. The van der Waals surface area contributed by atoms with Crippen LogP contribution in [0.5, 0.6) is 5.75 Å². The molecule has 0 aliphatic heterocycles. The van der Waals surface area contributed by atoms with E-state index in [1.807, 2.05) is 43.7 Å². The van der Waals surface area contributed by atoms with Crippen LogP contribution in [0.15, 0.2) is 35.7 Å². The zero-order valence-corrected chi connectivity index (χ0v) is 15.1. The van der Waals surface area contributed by atoms with E-state index in [1.165, 1.54) is 0 Å². The molecule has 0 radical (unpaired) electrons. The van der Waals surface area contributed by atoms with Crippen molar-refractivity contribution in [3.8, 4) is 5.75 Å². The van der Waals surface area contributed by atoms with Crippen LogP contribution in [0.4, 0.5) is 0 Å². The van der Waals surface area contributed by atoms with E-state index in [9.17, 15) is 4.79 Å². The molecule has 24 heavy (non-hydrogen) atoms. The van der Waals surface area contributed by atoms with Crippen molar-refractivity contribution in [2.45, 2.75) is 6.42 Å². The molecule has 0 spiro atoms. The molecule has 4 nitrogen and oxygen atoms in total. The SMILES string of the molecule is COc1ccc2cc(C(=O)NCCCN(C)C)c3sccc3c2c1. The second-order valence-electron chi connectivity index (χ2n) is 6.09. The van der Waals surface area contributed by atoms with E-state index in [1.54, 1.807) is 18.4 Å². The largest absolute Gasteiger partial charge is 0.497 e. The molecule has 0 aliphatic rings. The van der Waals surface area contributed by atoms with Gasteiger partial charge in [-0.15, -0.1) is 11.3 Å². The third-order valence-corrected chi connectivity index (χ3v) is 5.02. The molecule has 0 unspecified atom stereocenters. The Balaban J connectivity index is 1.92. The summed E-state index contributed by atoms with van der Waals surface area (Å²) in [5, 5.41) is 8.36. The van der Waals surface area contributed by atoms with Crippen LogP contribution in [0, 0.1) is 0 Å². The number of carbonyl (C=O) groups is 1. The van der Waals surface area contributed by atoms with Crippen LogP contribution in [0.3, 0.4) is 0 Å². The number of hydrogen-bond donors (Lipinski definition) is 1. The van der Waals surface area contributed by atoms with Crippen molar-refractivity contribution in [3.63, 3.8) is 0 Å². The van der Waals surface area contributed by atoms with Gasteiger partial charge in [-0.1, -0.05) is 6.07 Å². The lowest BCUT2D eigenvalue weighted by atomic mass is 10.0. The summed E-state index contributed by atoms with van der Waals surface area (Å²) in [5.74, 6) is 0.829. The first kappa shape index (κ1) is 16.7. The molecule has 3 rings (SSSR count). The van der Waals surface area contributed by atoms with Crippen molar-refractivity contribution in [2.75, 3.05) is 34.3 Å². The smallest absolute Gasteiger partial charge is 0.252 e. The van der Waals surface area contributed by atoms with Gasteiger partial charge in [0.1, 0.15) is 5.75 Å².